The number of amides is 2. The van der Waals surface area contributed by atoms with E-state index >= 15 is 4.39 Å². The molecule has 71 heavy (non-hydrogen) atoms. The molecule has 0 unspecified atom stereocenters. The molecule has 2 amide bonds. The summed E-state index contributed by atoms with van der Waals surface area (Å²) in [5.41, 5.74) is 4.07. The number of methoxy groups -OCH3 is 1. The van der Waals surface area contributed by atoms with Gasteiger partial charge in [-0.1, -0.05) is 73.3 Å². The standard InChI is InChI=1S/C54H50ClFN10O5/c1-5-46(68)65-21-19-63(28-32(65)3)52-42-27-43(55)48(41-26-37(67)25-35-12-7-9-13-38(35)41)49(56)50(42)59-54(61-52)71-31-33-23-34-11-8-10-14-39(34)45(24-33)62-18-16-40-44(30-62)58-53(70-4)60-51(40)64-20-22-66(47(69)6-2)36(29-64)15-17-57/h5-14,23-27,32,36,67H,1-2,15-16,18-22,28-31H2,3-4H3/t32-,36+/m1/s1. The highest BCUT2D eigenvalue weighted by Crippen LogP contribution is 2.43. The Kier molecular flexibility index (Phi) is 12.8. The molecule has 2 atom stereocenters. The van der Waals surface area contributed by atoms with Crippen LogP contribution in [0.5, 0.6) is 17.8 Å². The second kappa shape index (κ2) is 19.4. The molecule has 7 aromatic rings. The molecule has 10 rings (SSSR count). The molecule has 17 heteroatoms. The van der Waals surface area contributed by atoms with Crippen LogP contribution in [0.3, 0.4) is 0 Å². The lowest BCUT2D eigenvalue weighted by Gasteiger charge is -2.42. The lowest BCUT2D eigenvalue weighted by atomic mass is 9.96. The van der Waals surface area contributed by atoms with Crippen LogP contribution in [0.25, 0.3) is 43.6 Å². The first kappa shape index (κ1) is 46.7. The number of piperazine rings is 2. The average Bonchev–Trinajstić information content (AvgIpc) is 3.39. The van der Waals surface area contributed by atoms with Gasteiger partial charge >= 0.3 is 12.0 Å². The van der Waals surface area contributed by atoms with Gasteiger partial charge in [-0.15, -0.1) is 0 Å². The number of aromatic hydroxyl groups is 1. The Labute approximate surface area is 414 Å². The summed E-state index contributed by atoms with van der Waals surface area (Å²) in [6.07, 6.45) is 3.39. The summed E-state index contributed by atoms with van der Waals surface area (Å²) in [7, 11) is 1.54. The summed E-state index contributed by atoms with van der Waals surface area (Å²) in [6, 6.07) is 26.3. The van der Waals surface area contributed by atoms with Gasteiger partial charge in [-0.25, -0.2) is 4.39 Å². The number of anilines is 3. The van der Waals surface area contributed by atoms with E-state index in [1.165, 1.54) is 25.3 Å². The molecule has 5 heterocycles. The largest absolute Gasteiger partial charge is 0.508 e. The number of rotatable bonds is 11. The minimum absolute atomic E-state index is 0.00948. The summed E-state index contributed by atoms with van der Waals surface area (Å²) in [5.74, 6) is 0.0401. The lowest BCUT2D eigenvalue weighted by molar-refractivity contribution is -0.129. The molecule has 3 aliphatic heterocycles. The second-order valence-electron chi connectivity index (χ2n) is 18.0. The Morgan fingerprint density at radius 3 is 2.25 bits per heavy atom. The highest BCUT2D eigenvalue weighted by Gasteiger charge is 2.34. The molecule has 2 saturated heterocycles. The quantitative estimate of drug-likeness (QED) is 0.123. The molecule has 15 nitrogen and oxygen atoms in total. The maximum absolute atomic E-state index is 17.4. The lowest BCUT2D eigenvalue weighted by Crippen LogP contribution is -2.55. The molecular formula is C54H50ClFN10O5. The number of halogens is 2. The Bertz CT molecular complexity index is 3350. The van der Waals surface area contributed by atoms with Crippen LogP contribution < -0.4 is 24.2 Å². The number of hydrogen-bond donors (Lipinski definition) is 1. The van der Waals surface area contributed by atoms with Gasteiger partial charge in [0.15, 0.2) is 5.82 Å². The number of nitrogens with zero attached hydrogens (tertiary/aromatic N) is 10. The zero-order valence-corrected chi connectivity index (χ0v) is 40.1. The fourth-order valence-electron chi connectivity index (χ4n) is 10.3. The third-order valence-electron chi connectivity index (χ3n) is 13.7. The van der Waals surface area contributed by atoms with Crippen LogP contribution in [-0.4, -0.2) is 112 Å². The Morgan fingerprint density at radius 2 is 1.52 bits per heavy atom. The van der Waals surface area contributed by atoms with E-state index in [-0.39, 0.29) is 70.8 Å². The van der Waals surface area contributed by atoms with Gasteiger partial charge in [0.25, 0.3) is 0 Å². The number of hydrogen-bond acceptors (Lipinski definition) is 13. The van der Waals surface area contributed by atoms with Gasteiger partial charge in [0, 0.05) is 79.4 Å². The molecule has 0 bridgehead atoms. The monoisotopic (exact) mass is 972 g/mol. The van der Waals surface area contributed by atoms with Gasteiger partial charge < -0.3 is 39.1 Å². The summed E-state index contributed by atoms with van der Waals surface area (Å²) in [5, 5.41) is 24.3. The number of nitriles is 1. The highest BCUT2D eigenvalue weighted by atomic mass is 35.5. The first-order valence-electron chi connectivity index (χ1n) is 23.4. The summed E-state index contributed by atoms with van der Waals surface area (Å²) >= 11 is 7.01. The van der Waals surface area contributed by atoms with Crippen LogP contribution in [0.2, 0.25) is 5.02 Å². The number of ether oxygens (including phenoxy) is 2. The molecule has 2 fully saturated rings. The maximum atomic E-state index is 17.4. The highest BCUT2D eigenvalue weighted by molar-refractivity contribution is 6.35. The molecule has 0 radical (unpaired) electrons. The fraction of sp³-hybridized carbons (Fsp3) is 0.278. The average molecular weight is 974 g/mol. The van der Waals surface area contributed by atoms with Crippen molar-refractivity contribution in [2.24, 2.45) is 0 Å². The Morgan fingerprint density at radius 1 is 0.831 bits per heavy atom. The minimum Gasteiger partial charge on any atom is -0.508 e. The Balaban J connectivity index is 0.997. The summed E-state index contributed by atoms with van der Waals surface area (Å²) in [4.78, 5) is 54.6. The third-order valence-corrected chi connectivity index (χ3v) is 14.0. The zero-order chi connectivity index (χ0) is 49.5. The van der Waals surface area contributed by atoms with Crippen molar-refractivity contribution in [1.29, 1.82) is 5.26 Å². The molecule has 360 valence electrons. The smallest absolute Gasteiger partial charge is 0.319 e. The van der Waals surface area contributed by atoms with Gasteiger partial charge in [0.05, 0.1) is 42.9 Å². The minimum atomic E-state index is -0.695. The third kappa shape index (κ3) is 8.82. The van der Waals surface area contributed by atoms with E-state index in [0.717, 1.165) is 39.1 Å². The van der Waals surface area contributed by atoms with Gasteiger partial charge in [0.1, 0.15) is 29.5 Å². The van der Waals surface area contributed by atoms with Crippen LogP contribution in [0.15, 0.2) is 104 Å². The molecule has 0 aliphatic carbocycles. The van der Waals surface area contributed by atoms with E-state index in [1.54, 1.807) is 21.9 Å². The van der Waals surface area contributed by atoms with Crippen LogP contribution in [0.4, 0.5) is 21.7 Å². The number of carbonyl (C=O) groups is 2. The van der Waals surface area contributed by atoms with E-state index in [1.807, 2.05) is 54.3 Å². The van der Waals surface area contributed by atoms with Crippen LogP contribution in [-0.2, 0) is 29.2 Å². The van der Waals surface area contributed by atoms with E-state index < -0.39 is 5.82 Å². The van der Waals surface area contributed by atoms with Gasteiger partial charge in [-0.3, -0.25) is 9.59 Å². The van der Waals surface area contributed by atoms with Crippen molar-refractivity contribution in [3.63, 3.8) is 0 Å². The molecule has 0 spiro atoms. The topological polar surface area (TPSA) is 164 Å². The van der Waals surface area contributed by atoms with Crippen molar-refractivity contribution in [2.45, 2.75) is 45.0 Å². The maximum Gasteiger partial charge on any atom is 0.319 e. The molecule has 5 aromatic carbocycles. The first-order valence-corrected chi connectivity index (χ1v) is 23.8. The molecule has 3 aliphatic rings. The number of fused-ring (bicyclic) bond motifs is 4. The Hall–Kier alpha value is -8.03. The van der Waals surface area contributed by atoms with E-state index in [4.69, 9.17) is 41.0 Å². The number of aromatic nitrogens is 4. The van der Waals surface area contributed by atoms with Crippen molar-refractivity contribution >= 4 is 73.2 Å². The predicted molar refractivity (Wildman–Crippen MR) is 272 cm³/mol. The van der Waals surface area contributed by atoms with Crippen LogP contribution in [0.1, 0.15) is 30.2 Å². The number of phenols is 1. The number of phenolic OH excluding ortho intramolecular Hbond substituents is 1. The molecule has 1 N–H and O–H groups in total. The van der Waals surface area contributed by atoms with E-state index in [0.29, 0.717) is 86.3 Å². The normalized spacial score (nSPS) is 17.0. The zero-order valence-electron chi connectivity index (χ0n) is 39.3. The SMILES string of the molecule is C=CC(=O)N1CCN(c2nc(OC)nc3c2CCN(c2cc(COc4nc(N5CCN(C(=O)C=C)[C@H](C)C5)c5cc(Cl)c(-c6cc(O)cc7ccccc67)c(F)c5n4)cc4ccccc24)C3)C[C@@H]1CC#N. The van der Waals surface area contributed by atoms with Crippen molar-refractivity contribution in [1.82, 2.24) is 29.7 Å². The van der Waals surface area contributed by atoms with Gasteiger partial charge in [0.2, 0.25) is 11.8 Å². The predicted octanol–water partition coefficient (Wildman–Crippen LogP) is 8.38. The second-order valence-corrected chi connectivity index (χ2v) is 18.4. The van der Waals surface area contributed by atoms with E-state index in [2.05, 4.69) is 47.2 Å². The van der Waals surface area contributed by atoms with Gasteiger partial charge in [-0.05, 0) is 83.1 Å². The van der Waals surface area contributed by atoms with E-state index in [9.17, 15) is 20.0 Å². The van der Waals surface area contributed by atoms with Crippen LogP contribution >= 0.6 is 11.6 Å². The molecule has 2 aromatic heterocycles. The van der Waals surface area contributed by atoms with Crippen LogP contribution in [0, 0.1) is 17.1 Å². The summed E-state index contributed by atoms with van der Waals surface area (Å²) < 4.78 is 29.6. The molecular weight excluding hydrogens is 923 g/mol. The number of carbonyl (C=O) groups excluding carboxylic acids is 2. The van der Waals surface area contributed by atoms with Crippen molar-refractivity contribution in [3.8, 4) is 35.0 Å². The van der Waals surface area contributed by atoms with Crippen molar-refractivity contribution in [3.05, 3.63) is 132 Å². The van der Waals surface area contributed by atoms with Crippen molar-refractivity contribution in [2.75, 3.05) is 67.6 Å². The van der Waals surface area contributed by atoms with Gasteiger partial charge in [-0.2, -0.15) is 25.2 Å². The molecule has 0 saturated carbocycles. The summed E-state index contributed by atoms with van der Waals surface area (Å²) in [6.45, 7) is 13.0. The fourth-order valence-corrected chi connectivity index (χ4v) is 10.6. The van der Waals surface area contributed by atoms with Crippen molar-refractivity contribution < 1.29 is 28.6 Å². The number of benzene rings is 5. The first-order chi connectivity index (χ1) is 34.5.